The molecule has 2 aliphatic rings. The van der Waals surface area contributed by atoms with Gasteiger partial charge in [-0.1, -0.05) is 18.2 Å². The van der Waals surface area contributed by atoms with E-state index in [-0.39, 0.29) is 0 Å². The third-order valence-corrected chi connectivity index (χ3v) is 4.85. The minimum Gasteiger partial charge on any atom is -0.384 e. The smallest absolute Gasteiger partial charge is 0.0376 e. The van der Waals surface area contributed by atoms with Crippen molar-refractivity contribution in [2.45, 2.75) is 31.8 Å². The maximum absolute atomic E-state index is 3.53. The van der Waals surface area contributed by atoms with Crippen molar-refractivity contribution < 1.29 is 0 Å². The molecule has 1 aromatic carbocycles. The van der Waals surface area contributed by atoms with Crippen molar-refractivity contribution in [1.29, 1.82) is 0 Å². The summed E-state index contributed by atoms with van der Waals surface area (Å²) in [6.45, 7) is 9.34. The van der Waals surface area contributed by atoms with Crippen LogP contribution in [0, 0.1) is 0 Å². The number of hydrogen-bond donors (Lipinski definition) is 1. The number of piperazine rings is 1. The molecule has 0 amide bonds. The maximum Gasteiger partial charge on any atom is 0.0376 e. The zero-order valence-electron chi connectivity index (χ0n) is 12.3. The Kier molecular flexibility index (Phi) is 3.50. The zero-order valence-corrected chi connectivity index (χ0v) is 12.3. The Hall–Kier alpha value is -1.06. The molecule has 0 radical (unpaired) electrons. The molecule has 1 saturated heterocycles. The summed E-state index contributed by atoms with van der Waals surface area (Å²) in [5, 5.41) is 3.53. The van der Waals surface area contributed by atoms with Crippen molar-refractivity contribution in [2.75, 3.05) is 38.5 Å². The minimum atomic E-state index is 0.652. The van der Waals surface area contributed by atoms with Gasteiger partial charge in [0.15, 0.2) is 0 Å². The Morgan fingerprint density at radius 2 is 1.84 bits per heavy atom. The highest BCUT2D eigenvalue weighted by Gasteiger charge is 2.30. The van der Waals surface area contributed by atoms with Gasteiger partial charge >= 0.3 is 0 Å². The van der Waals surface area contributed by atoms with Crippen LogP contribution < -0.4 is 5.32 Å². The number of likely N-dealkylation sites (N-methyl/N-ethyl adjacent to an activating group) is 1. The van der Waals surface area contributed by atoms with Gasteiger partial charge in [-0.2, -0.15) is 0 Å². The molecule has 3 heteroatoms. The van der Waals surface area contributed by atoms with Crippen LogP contribution in [0.5, 0.6) is 0 Å². The van der Waals surface area contributed by atoms with Crippen molar-refractivity contribution in [3.63, 3.8) is 0 Å². The fourth-order valence-corrected chi connectivity index (χ4v) is 3.49. The van der Waals surface area contributed by atoms with Crippen LogP contribution in [0.15, 0.2) is 24.3 Å². The van der Waals surface area contributed by atoms with Crippen LogP contribution in [0.4, 0.5) is 5.69 Å². The molecule has 1 fully saturated rings. The molecule has 2 heterocycles. The monoisotopic (exact) mass is 259 g/mol. The second-order valence-corrected chi connectivity index (χ2v) is 6.25. The van der Waals surface area contributed by atoms with Crippen LogP contribution in [-0.4, -0.2) is 55.1 Å². The van der Waals surface area contributed by atoms with E-state index >= 15 is 0 Å². The number of benzene rings is 1. The molecule has 2 aliphatic heterocycles. The lowest BCUT2D eigenvalue weighted by Gasteiger charge is -2.43. The van der Waals surface area contributed by atoms with Crippen molar-refractivity contribution >= 4 is 5.69 Å². The Balaban J connectivity index is 1.67. The first-order valence-electron chi connectivity index (χ1n) is 7.42. The second-order valence-electron chi connectivity index (χ2n) is 6.25. The predicted molar refractivity (Wildman–Crippen MR) is 80.8 cm³/mol. The summed E-state index contributed by atoms with van der Waals surface area (Å²) in [7, 11) is 2.25. The zero-order chi connectivity index (χ0) is 13.4. The van der Waals surface area contributed by atoms with Gasteiger partial charge in [-0.3, -0.25) is 9.80 Å². The predicted octanol–water partition coefficient (Wildman–Crippen LogP) is 2.22. The summed E-state index contributed by atoms with van der Waals surface area (Å²) in [5.74, 6) is 0.652. The van der Waals surface area contributed by atoms with Crippen LogP contribution in [0.1, 0.15) is 25.3 Å². The van der Waals surface area contributed by atoms with Crippen LogP contribution in [0.2, 0.25) is 0 Å². The van der Waals surface area contributed by atoms with E-state index in [4.69, 9.17) is 0 Å². The number of rotatable bonds is 2. The molecule has 104 valence electrons. The van der Waals surface area contributed by atoms with Gasteiger partial charge in [-0.15, -0.1) is 0 Å². The summed E-state index contributed by atoms with van der Waals surface area (Å²) < 4.78 is 0. The number of fused-ring (bicyclic) bond motifs is 1. The largest absolute Gasteiger partial charge is 0.384 e. The average Bonchev–Trinajstić information content (AvgIpc) is 2.79. The first-order chi connectivity index (χ1) is 9.15. The summed E-state index contributed by atoms with van der Waals surface area (Å²) >= 11 is 0. The molecular weight excluding hydrogens is 234 g/mol. The fraction of sp³-hybridized carbons (Fsp3) is 0.625. The highest BCUT2D eigenvalue weighted by atomic mass is 15.3. The van der Waals surface area contributed by atoms with Gasteiger partial charge < -0.3 is 5.32 Å². The van der Waals surface area contributed by atoms with Gasteiger partial charge in [0.05, 0.1) is 0 Å². The van der Waals surface area contributed by atoms with Crippen molar-refractivity contribution in [1.82, 2.24) is 9.80 Å². The fourth-order valence-electron chi connectivity index (χ4n) is 3.49. The van der Waals surface area contributed by atoms with Gasteiger partial charge in [0.2, 0.25) is 0 Å². The molecule has 19 heavy (non-hydrogen) atoms. The Bertz CT molecular complexity index is 433. The summed E-state index contributed by atoms with van der Waals surface area (Å²) in [6.07, 6.45) is 0. The summed E-state index contributed by atoms with van der Waals surface area (Å²) in [6, 6.07) is 10.1. The van der Waals surface area contributed by atoms with Crippen molar-refractivity contribution in [2.24, 2.45) is 0 Å². The Morgan fingerprint density at radius 1 is 1.16 bits per heavy atom. The molecule has 3 atom stereocenters. The quantitative estimate of drug-likeness (QED) is 0.878. The molecule has 1 aromatic rings. The first-order valence-corrected chi connectivity index (χ1v) is 7.42. The molecule has 0 aliphatic carbocycles. The topological polar surface area (TPSA) is 18.5 Å². The molecular formula is C16H25N3. The lowest BCUT2D eigenvalue weighted by atomic mass is 9.99. The SMILES string of the molecule is CC1CN(CC2CNc3ccccc32)CC(C)N1C. The van der Waals surface area contributed by atoms with Crippen LogP contribution >= 0.6 is 0 Å². The molecule has 0 aromatic heterocycles. The van der Waals surface area contributed by atoms with Gasteiger partial charge in [0, 0.05) is 49.9 Å². The maximum atomic E-state index is 3.53. The Labute approximate surface area is 116 Å². The number of para-hydroxylation sites is 1. The van der Waals surface area contributed by atoms with E-state index in [0.29, 0.717) is 18.0 Å². The number of nitrogens with one attached hydrogen (secondary N) is 1. The van der Waals surface area contributed by atoms with E-state index in [1.54, 1.807) is 0 Å². The average molecular weight is 259 g/mol. The number of anilines is 1. The lowest BCUT2D eigenvalue weighted by Crippen LogP contribution is -2.55. The van der Waals surface area contributed by atoms with Gasteiger partial charge in [0.25, 0.3) is 0 Å². The summed E-state index contributed by atoms with van der Waals surface area (Å²) in [5.41, 5.74) is 2.84. The molecule has 3 rings (SSSR count). The summed E-state index contributed by atoms with van der Waals surface area (Å²) in [4.78, 5) is 5.14. The van der Waals surface area contributed by atoms with Gasteiger partial charge in [0.1, 0.15) is 0 Å². The van der Waals surface area contributed by atoms with Crippen molar-refractivity contribution in [3.8, 4) is 0 Å². The van der Waals surface area contributed by atoms with E-state index in [9.17, 15) is 0 Å². The van der Waals surface area contributed by atoms with E-state index in [1.807, 2.05) is 0 Å². The first kappa shape index (κ1) is 12.9. The van der Waals surface area contributed by atoms with Gasteiger partial charge in [-0.05, 0) is 32.5 Å². The normalized spacial score (nSPS) is 32.1. The molecule has 3 unspecified atom stereocenters. The van der Waals surface area contributed by atoms with Crippen molar-refractivity contribution in [3.05, 3.63) is 29.8 Å². The van der Waals surface area contributed by atoms with E-state index < -0.39 is 0 Å². The number of hydrogen-bond acceptors (Lipinski definition) is 3. The van der Waals surface area contributed by atoms with Crippen LogP contribution in [-0.2, 0) is 0 Å². The highest BCUT2D eigenvalue weighted by molar-refractivity contribution is 5.57. The second kappa shape index (κ2) is 5.14. The Morgan fingerprint density at radius 3 is 2.58 bits per heavy atom. The molecule has 3 nitrogen and oxygen atoms in total. The molecule has 0 bridgehead atoms. The van der Waals surface area contributed by atoms with Gasteiger partial charge in [-0.25, -0.2) is 0 Å². The van der Waals surface area contributed by atoms with Crippen LogP contribution in [0.3, 0.4) is 0 Å². The lowest BCUT2D eigenvalue weighted by molar-refractivity contribution is 0.0573. The van der Waals surface area contributed by atoms with Crippen LogP contribution in [0.25, 0.3) is 0 Å². The van der Waals surface area contributed by atoms with E-state index in [0.717, 1.165) is 6.54 Å². The third-order valence-electron chi connectivity index (χ3n) is 4.85. The number of nitrogens with zero attached hydrogens (tertiary/aromatic N) is 2. The molecule has 0 spiro atoms. The minimum absolute atomic E-state index is 0.652. The van der Waals surface area contributed by atoms with E-state index in [2.05, 4.69) is 60.3 Å². The highest BCUT2D eigenvalue weighted by Crippen LogP contribution is 2.32. The standard InChI is InChI=1S/C16H25N3/c1-12-9-19(10-13(2)18(12)3)11-14-8-17-16-7-5-4-6-15(14)16/h4-7,12-14,17H,8-11H2,1-3H3. The third kappa shape index (κ3) is 2.49. The molecule has 0 saturated carbocycles. The van der Waals surface area contributed by atoms with E-state index in [1.165, 1.54) is 30.9 Å². The molecule has 1 N–H and O–H groups in total.